The second-order valence-electron chi connectivity index (χ2n) is 5.57. The van der Waals surface area contributed by atoms with Crippen molar-refractivity contribution in [1.82, 2.24) is 15.0 Å². The van der Waals surface area contributed by atoms with Crippen LogP contribution < -0.4 is 15.0 Å². The molecule has 0 radical (unpaired) electrons. The Morgan fingerprint density at radius 3 is 2.55 bits per heavy atom. The fourth-order valence-electron chi connectivity index (χ4n) is 2.14. The number of hydrogen-bond acceptors (Lipinski definition) is 6. The third kappa shape index (κ3) is 4.21. The van der Waals surface area contributed by atoms with Crippen molar-refractivity contribution < 1.29 is 4.74 Å². The molecule has 1 N–H and O–H groups in total. The zero-order valence-corrected chi connectivity index (χ0v) is 12.7. The minimum atomic E-state index is 0.422. The SMILES string of the molecule is CNc1nc(OCCC(C)C)nc(N2CCCCC2)n1. The van der Waals surface area contributed by atoms with E-state index in [1.165, 1.54) is 19.3 Å². The molecule has 0 unspecified atom stereocenters. The van der Waals surface area contributed by atoms with Crippen molar-refractivity contribution in [2.45, 2.75) is 39.5 Å². The molecule has 1 aliphatic heterocycles. The van der Waals surface area contributed by atoms with Crippen molar-refractivity contribution in [3.8, 4) is 6.01 Å². The van der Waals surface area contributed by atoms with Crippen molar-refractivity contribution in [1.29, 1.82) is 0 Å². The minimum Gasteiger partial charge on any atom is -0.463 e. The van der Waals surface area contributed by atoms with Gasteiger partial charge >= 0.3 is 6.01 Å². The lowest BCUT2D eigenvalue weighted by Gasteiger charge is -2.26. The van der Waals surface area contributed by atoms with Crippen molar-refractivity contribution in [2.24, 2.45) is 5.92 Å². The average molecular weight is 279 g/mol. The van der Waals surface area contributed by atoms with Crippen LogP contribution >= 0.6 is 0 Å². The largest absolute Gasteiger partial charge is 0.463 e. The van der Waals surface area contributed by atoms with Gasteiger partial charge in [0.1, 0.15) is 0 Å². The number of aromatic nitrogens is 3. The molecule has 20 heavy (non-hydrogen) atoms. The van der Waals surface area contributed by atoms with Crippen molar-refractivity contribution in [3.63, 3.8) is 0 Å². The van der Waals surface area contributed by atoms with Crippen molar-refractivity contribution in [2.75, 3.05) is 37.0 Å². The Bertz CT molecular complexity index is 418. The number of anilines is 2. The highest BCUT2D eigenvalue weighted by molar-refractivity contribution is 5.38. The van der Waals surface area contributed by atoms with E-state index >= 15 is 0 Å². The third-order valence-corrected chi connectivity index (χ3v) is 3.39. The highest BCUT2D eigenvalue weighted by Crippen LogP contribution is 2.19. The van der Waals surface area contributed by atoms with Crippen LogP contribution in [-0.4, -0.2) is 41.7 Å². The van der Waals surface area contributed by atoms with Crippen LogP contribution in [0.25, 0.3) is 0 Å². The summed E-state index contributed by atoms with van der Waals surface area (Å²) in [5, 5.41) is 2.98. The smallest absolute Gasteiger partial charge is 0.323 e. The zero-order chi connectivity index (χ0) is 14.4. The summed E-state index contributed by atoms with van der Waals surface area (Å²) in [6.07, 6.45) is 4.69. The van der Waals surface area contributed by atoms with Crippen LogP contribution in [0.1, 0.15) is 39.5 Å². The van der Waals surface area contributed by atoms with Gasteiger partial charge in [0, 0.05) is 20.1 Å². The Balaban J connectivity index is 2.06. The number of rotatable bonds is 6. The standard InChI is InChI=1S/C14H25N5O/c1-11(2)7-10-20-14-17-12(15-3)16-13(18-14)19-8-5-4-6-9-19/h11H,4-10H2,1-3H3,(H,15,16,17,18). The van der Waals surface area contributed by atoms with Gasteiger partial charge in [0.15, 0.2) is 0 Å². The maximum Gasteiger partial charge on any atom is 0.323 e. The quantitative estimate of drug-likeness (QED) is 0.862. The first-order valence-corrected chi connectivity index (χ1v) is 7.50. The number of nitrogens with zero attached hydrogens (tertiary/aromatic N) is 4. The topological polar surface area (TPSA) is 63.2 Å². The number of piperidine rings is 1. The van der Waals surface area contributed by atoms with E-state index in [4.69, 9.17) is 4.74 Å². The summed E-state index contributed by atoms with van der Waals surface area (Å²) in [6.45, 7) is 7.02. The predicted molar refractivity (Wildman–Crippen MR) is 80.4 cm³/mol. The van der Waals surface area contributed by atoms with E-state index in [1.807, 2.05) is 7.05 Å². The van der Waals surface area contributed by atoms with Gasteiger partial charge in [-0.05, 0) is 31.6 Å². The molecular weight excluding hydrogens is 254 g/mol. The summed E-state index contributed by atoms with van der Waals surface area (Å²) in [5.41, 5.74) is 0. The molecule has 1 saturated heterocycles. The highest BCUT2D eigenvalue weighted by atomic mass is 16.5. The van der Waals surface area contributed by atoms with Gasteiger partial charge < -0.3 is 15.0 Å². The molecule has 0 aromatic carbocycles. The minimum absolute atomic E-state index is 0.422. The third-order valence-electron chi connectivity index (χ3n) is 3.39. The van der Waals surface area contributed by atoms with Crippen LogP contribution in [-0.2, 0) is 0 Å². The van der Waals surface area contributed by atoms with Crippen molar-refractivity contribution in [3.05, 3.63) is 0 Å². The normalized spacial score (nSPS) is 15.5. The first-order chi connectivity index (χ1) is 9.69. The van der Waals surface area contributed by atoms with Gasteiger partial charge in [-0.1, -0.05) is 13.8 Å². The van der Waals surface area contributed by atoms with Crippen LogP contribution in [0.5, 0.6) is 6.01 Å². The summed E-state index contributed by atoms with van der Waals surface area (Å²) >= 11 is 0. The predicted octanol–water partition coefficient (Wildman–Crippen LogP) is 2.33. The van der Waals surface area contributed by atoms with E-state index in [0.717, 1.165) is 25.5 Å². The monoisotopic (exact) mass is 279 g/mol. The summed E-state index contributed by atoms with van der Waals surface area (Å²) < 4.78 is 5.66. The Morgan fingerprint density at radius 1 is 1.15 bits per heavy atom. The Labute approximate surface area is 121 Å². The highest BCUT2D eigenvalue weighted by Gasteiger charge is 2.16. The molecule has 112 valence electrons. The van der Waals surface area contributed by atoms with Gasteiger partial charge in [-0.2, -0.15) is 15.0 Å². The van der Waals surface area contributed by atoms with Gasteiger partial charge in [-0.15, -0.1) is 0 Å². The molecule has 2 heterocycles. The van der Waals surface area contributed by atoms with Crippen LogP contribution in [0.2, 0.25) is 0 Å². The molecule has 0 spiro atoms. The molecule has 0 amide bonds. The van der Waals surface area contributed by atoms with Gasteiger partial charge in [0.2, 0.25) is 11.9 Å². The number of ether oxygens (including phenoxy) is 1. The molecule has 0 atom stereocenters. The summed E-state index contributed by atoms with van der Waals surface area (Å²) in [5.74, 6) is 1.91. The van der Waals surface area contributed by atoms with Gasteiger partial charge in [-0.25, -0.2) is 0 Å². The molecular formula is C14H25N5O. The molecule has 1 fully saturated rings. The van der Waals surface area contributed by atoms with Crippen molar-refractivity contribution >= 4 is 11.9 Å². The van der Waals surface area contributed by atoms with E-state index in [2.05, 4.69) is 39.0 Å². The van der Waals surface area contributed by atoms with E-state index in [0.29, 0.717) is 24.5 Å². The Kier molecular flexibility index (Phi) is 5.38. The fraction of sp³-hybridized carbons (Fsp3) is 0.786. The lowest BCUT2D eigenvalue weighted by molar-refractivity contribution is 0.268. The van der Waals surface area contributed by atoms with E-state index in [9.17, 15) is 0 Å². The molecule has 0 aliphatic carbocycles. The Morgan fingerprint density at radius 2 is 1.90 bits per heavy atom. The molecule has 6 nitrogen and oxygen atoms in total. The lowest BCUT2D eigenvalue weighted by Crippen LogP contribution is -2.31. The molecule has 0 saturated carbocycles. The van der Waals surface area contributed by atoms with Crippen LogP contribution in [0.15, 0.2) is 0 Å². The maximum atomic E-state index is 5.66. The van der Waals surface area contributed by atoms with Crippen LogP contribution in [0.4, 0.5) is 11.9 Å². The Hall–Kier alpha value is -1.59. The second kappa shape index (κ2) is 7.26. The summed E-state index contributed by atoms with van der Waals surface area (Å²) in [7, 11) is 1.81. The molecule has 2 rings (SSSR count). The fourth-order valence-corrected chi connectivity index (χ4v) is 2.14. The summed E-state index contributed by atoms with van der Waals surface area (Å²) in [4.78, 5) is 15.3. The van der Waals surface area contributed by atoms with Gasteiger partial charge in [-0.3, -0.25) is 0 Å². The molecule has 0 bridgehead atoms. The van der Waals surface area contributed by atoms with E-state index in [-0.39, 0.29) is 0 Å². The lowest BCUT2D eigenvalue weighted by atomic mass is 10.1. The van der Waals surface area contributed by atoms with E-state index in [1.54, 1.807) is 0 Å². The molecule has 1 aromatic rings. The molecule has 1 aliphatic rings. The second-order valence-corrected chi connectivity index (χ2v) is 5.57. The first kappa shape index (κ1) is 14.8. The van der Waals surface area contributed by atoms with Crippen LogP contribution in [0.3, 0.4) is 0 Å². The number of nitrogens with one attached hydrogen (secondary N) is 1. The van der Waals surface area contributed by atoms with Crippen LogP contribution in [0, 0.1) is 5.92 Å². The maximum absolute atomic E-state index is 5.66. The number of hydrogen-bond donors (Lipinski definition) is 1. The zero-order valence-electron chi connectivity index (χ0n) is 12.7. The average Bonchev–Trinajstić information content (AvgIpc) is 2.47. The summed E-state index contributed by atoms with van der Waals surface area (Å²) in [6, 6.07) is 0.422. The molecule has 6 heteroatoms. The first-order valence-electron chi connectivity index (χ1n) is 7.50. The van der Waals surface area contributed by atoms with Gasteiger partial charge in [0.25, 0.3) is 0 Å². The van der Waals surface area contributed by atoms with Gasteiger partial charge in [0.05, 0.1) is 6.61 Å². The van der Waals surface area contributed by atoms with E-state index < -0.39 is 0 Å². The molecule has 1 aromatic heterocycles.